The molecule has 0 aromatic heterocycles. The van der Waals surface area contributed by atoms with Crippen molar-refractivity contribution in [1.82, 2.24) is 10.0 Å². The van der Waals surface area contributed by atoms with Gasteiger partial charge < -0.3 is 10.4 Å². The number of aliphatic hydroxyl groups excluding tert-OH is 1. The lowest BCUT2D eigenvalue weighted by Crippen LogP contribution is -2.35. The van der Waals surface area contributed by atoms with Gasteiger partial charge in [-0.25, -0.2) is 13.1 Å². The molecule has 0 bridgehead atoms. The minimum Gasteiger partial charge on any atom is -0.392 e. The van der Waals surface area contributed by atoms with E-state index in [2.05, 4.69) is 10.0 Å². The number of aliphatic hydroxyl groups is 1. The monoisotopic (exact) mass is 210 g/mol. The largest absolute Gasteiger partial charge is 0.392 e. The molecular weight excluding hydrogens is 192 g/mol. The van der Waals surface area contributed by atoms with E-state index in [9.17, 15) is 8.42 Å². The summed E-state index contributed by atoms with van der Waals surface area (Å²) in [4.78, 5) is 0. The van der Waals surface area contributed by atoms with E-state index in [1.54, 1.807) is 13.8 Å². The van der Waals surface area contributed by atoms with Gasteiger partial charge in [0.25, 0.3) is 0 Å². The van der Waals surface area contributed by atoms with E-state index in [-0.39, 0.29) is 5.75 Å². The topological polar surface area (TPSA) is 78.4 Å². The van der Waals surface area contributed by atoms with E-state index in [4.69, 9.17) is 5.11 Å². The van der Waals surface area contributed by atoms with Gasteiger partial charge in [0.1, 0.15) is 0 Å². The third-order valence-corrected chi connectivity index (χ3v) is 2.85. The fourth-order valence-electron chi connectivity index (χ4n) is 0.708. The second kappa shape index (κ2) is 6.31. The Morgan fingerprint density at radius 1 is 1.38 bits per heavy atom. The summed E-state index contributed by atoms with van der Waals surface area (Å²) < 4.78 is 24.2. The molecule has 0 spiro atoms. The van der Waals surface area contributed by atoms with Crippen molar-refractivity contribution in [3.63, 3.8) is 0 Å². The molecular formula is C7H18N2O3S. The number of sulfonamides is 1. The zero-order chi connectivity index (χ0) is 10.3. The Morgan fingerprint density at radius 3 is 2.46 bits per heavy atom. The molecule has 6 heteroatoms. The lowest BCUT2D eigenvalue weighted by molar-refractivity contribution is 0.192. The molecule has 3 N–H and O–H groups in total. The van der Waals surface area contributed by atoms with Crippen molar-refractivity contribution >= 4 is 10.0 Å². The van der Waals surface area contributed by atoms with Crippen molar-refractivity contribution in [2.75, 3.05) is 25.4 Å². The standard InChI is InChI=1S/C7H18N2O3S/c1-3-13(11,12)9-5-4-8-6-7(2)10/h7-10H,3-6H2,1-2H3. The lowest BCUT2D eigenvalue weighted by atomic mass is 10.4. The highest BCUT2D eigenvalue weighted by molar-refractivity contribution is 7.89. The van der Waals surface area contributed by atoms with Crippen LogP contribution in [0.1, 0.15) is 13.8 Å². The summed E-state index contributed by atoms with van der Waals surface area (Å²) in [5.74, 6) is 0.101. The molecule has 0 radical (unpaired) electrons. The summed E-state index contributed by atoms with van der Waals surface area (Å²) in [6.07, 6.45) is -0.400. The summed E-state index contributed by atoms with van der Waals surface area (Å²) in [5.41, 5.74) is 0. The molecule has 0 rings (SSSR count). The molecule has 0 heterocycles. The molecule has 0 aliphatic heterocycles. The van der Waals surface area contributed by atoms with Gasteiger partial charge in [-0.3, -0.25) is 0 Å². The Hall–Kier alpha value is -0.170. The number of nitrogens with one attached hydrogen (secondary N) is 2. The normalized spacial score (nSPS) is 14.4. The van der Waals surface area contributed by atoms with Gasteiger partial charge in [-0.15, -0.1) is 0 Å². The third-order valence-electron chi connectivity index (χ3n) is 1.44. The highest BCUT2D eigenvalue weighted by Gasteiger charge is 2.03. The average molecular weight is 210 g/mol. The highest BCUT2D eigenvalue weighted by atomic mass is 32.2. The van der Waals surface area contributed by atoms with E-state index in [1.807, 2.05) is 0 Å². The fraction of sp³-hybridized carbons (Fsp3) is 1.00. The molecule has 0 fully saturated rings. The van der Waals surface area contributed by atoms with Crippen LogP contribution in [-0.2, 0) is 10.0 Å². The maximum atomic E-state index is 10.9. The number of hydrogen-bond acceptors (Lipinski definition) is 4. The predicted molar refractivity (Wildman–Crippen MR) is 52.0 cm³/mol. The van der Waals surface area contributed by atoms with E-state index < -0.39 is 16.1 Å². The molecule has 1 atom stereocenters. The van der Waals surface area contributed by atoms with Gasteiger partial charge in [0, 0.05) is 19.6 Å². The van der Waals surface area contributed by atoms with E-state index in [0.717, 1.165) is 0 Å². The first-order valence-corrected chi connectivity index (χ1v) is 5.99. The van der Waals surface area contributed by atoms with Crippen molar-refractivity contribution < 1.29 is 13.5 Å². The van der Waals surface area contributed by atoms with Crippen LogP contribution in [0.2, 0.25) is 0 Å². The van der Waals surface area contributed by atoms with Crippen LogP contribution in [0, 0.1) is 0 Å². The summed E-state index contributed by atoms with van der Waals surface area (Å²) in [5, 5.41) is 11.8. The minimum atomic E-state index is -3.07. The van der Waals surface area contributed by atoms with Crippen LogP contribution in [0.15, 0.2) is 0 Å². The van der Waals surface area contributed by atoms with Crippen molar-refractivity contribution in [2.24, 2.45) is 0 Å². The van der Waals surface area contributed by atoms with Crippen molar-refractivity contribution in [2.45, 2.75) is 20.0 Å². The molecule has 5 nitrogen and oxygen atoms in total. The van der Waals surface area contributed by atoms with E-state index in [0.29, 0.717) is 19.6 Å². The van der Waals surface area contributed by atoms with Crippen molar-refractivity contribution in [3.8, 4) is 0 Å². The molecule has 0 amide bonds. The molecule has 0 aromatic rings. The zero-order valence-corrected chi connectivity index (χ0v) is 8.89. The summed E-state index contributed by atoms with van der Waals surface area (Å²) >= 11 is 0. The molecule has 0 saturated heterocycles. The van der Waals surface area contributed by atoms with Crippen LogP contribution in [0.5, 0.6) is 0 Å². The van der Waals surface area contributed by atoms with Crippen LogP contribution in [0.4, 0.5) is 0 Å². The SMILES string of the molecule is CCS(=O)(=O)NCCNCC(C)O. The summed E-state index contributed by atoms with van der Waals surface area (Å²) in [7, 11) is -3.07. The maximum absolute atomic E-state index is 10.9. The van der Waals surface area contributed by atoms with Crippen molar-refractivity contribution in [1.29, 1.82) is 0 Å². The zero-order valence-electron chi connectivity index (χ0n) is 8.08. The van der Waals surface area contributed by atoms with Crippen LogP contribution in [0.3, 0.4) is 0 Å². The first-order chi connectivity index (χ1) is 5.98. The Bertz CT molecular complexity index is 214. The van der Waals surface area contributed by atoms with Gasteiger partial charge in [0.2, 0.25) is 10.0 Å². The molecule has 0 aliphatic carbocycles. The molecule has 0 aliphatic rings. The third kappa shape index (κ3) is 8.17. The van der Waals surface area contributed by atoms with E-state index >= 15 is 0 Å². The Balaban J connectivity index is 3.37. The van der Waals surface area contributed by atoms with Gasteiger partial charge in [0.05, 0.1) is 11.9 Å². The lowest BCUT2D eigenvalue weighted by Gasteiger charge is -2.07. The molecule has 13 heavy (non-hydrogen) atoms. The molecule has 80 valence electrons. The average Bonchev–Trinajstić information content (AvgIpc) is 2.03. The van der Waals surface area contributed by atoms with E-state index in [1.165, 1.54) is 0 Å². The number of rotatable bonds is 7. The molecule has 0 aromatic carbocycles. The first-order valence-electron chi connectivity index (χ1n) is 4.34. The predicted octanol–water partition coefficient (Wildman–Crippen LogP) is -1.10. The maximum Gasteiger partial charge on any atom is 0.211 e. The highest BCUT2D eigenvalue weighted by Crippen LogP contribution is 1.80. The second-order valence-electron chi connectivity index (χ2n) is 2.85. The van der Waals surface area contributed by atoms with Gasteiger partial charge >= 0.3 is 0 Å². The van der Waals surface area contributed by atoms with Gasteiger partial charge in [-0.2, -0.15) is 0 Å². The Morgan fingerprint density at radius 2 is 2.00 bits per heavy atom. The summed E-state index contributed by atoms with van der Waals surface area (Å²) in [6.45, 7) is 4.63. The quantitative estimate of drug-likeness (QED) is 0.466. The smallest absolute Gasteiger partial charge is 0.211 e. The Labute approximate surface area is 79.6 Å². The molecule has 1 unspecified atom stereocenters. The van der Waals surface area contributed by atoms with Crippen molar-refractivity contribution in [3.05, 3.63) is 0 Å². The van der Waals surface area contributed by atoms with Gasteiger partial charge in [0.15, 0.2) is 0 Å². The second-order valence-corrected chi connectivity index (χ2v) is 4.95. The fourth-order valence-corrected chi connectivity index (χ4v) is 1.33. The first kappa shape index (κ1) is 12.8. The van der Waals surface area contributed by atoms with Crippen LogP contribution in [-0.4, -0.2) is 45.0 Å². The van der Waals surface area contributed by atoms with Crippen LogP contribution in [0.25, 0.3) is 0 Å². The van der Waals surface area contributed by atoms with Crippen LogP contribution >= 0.6 is 0 Å². The Kier molecular flexibility index (Phi) is 6.23. The van der Waals surface area contributed by atoms with Gasteiger partial charge in [-0.1, -0.05) is 0 Å². The molecule has 0 saturated carbocycles. The number of hydrogen-bond donors (Lipinski definition) is 3. The summed E-state index contributed by atoms with van der Waals surface area (Å²) in [6, 6.07) is 0. The van der Waals surface area contributed by atoms with Gasteiger partial charge in [-0.05, 0) is 13.8 Å². The minimum absolute atomic E-state index is 0.101. The van der Waals surface area contributed by atoms with Crippen LogP contribution < -0.4 is 10.0 Å².